The summed E-state index contributed by atoms with van der Waals surface area (Å²) in [6.07, 6.45) is 1.36. The van der Waals surface area contributed by atoms with E-state index in [-0.39, 0.29) is 12.4 Å². The summed E-state index contributed by atoms with van der Waals surface area (Å²) >= 11 is 0. The minimum atomic E-state index is -0.192. The molecule has 0 aliphatic carbocycles. The Morgan fingerprint density at radius 2 is 1.93 bits per heavy atom. The highest BCUT2D eigenvalue weighted by Crippen LogP contribution is 2.13. The van der Waals surface area contributed by atoms with E-state index in [2.05, 4.69) is 0 Å². The van der Waals surface area contributed by atoms with Gasteiger partial charge in [0.25, 0.3) is 0 Å². The van der Waals surface area contributed by atoms with E-state index in [9.17, 15) is 4.79 Å². The molecule has 76 valence electrons. The molecule has 0 aliphatic heterocycles. The highest BCUT2D eigenvalue weighted by Gasteiger charge is 2.11. The molecule has 1 aromatic carbocycles. The molecule has 0 unspecified atom stereocenters. The molecule has 0 amide bonds. The quantitative estimate of drug-likeness (QED) is 0.774. The number of hydrogen-bond donors (Lipinski definition) is 1. The van der Waals surface area contributed by atoms with Crippen LogP contribution in [0, 0.1) is 0 Å². The van der Waals surface area contributed by atoms with Gasteiger partial charge < -0.3 is 9.52 Å². The predicted molar refractivity (Wildman–Crippen MR) is 54.5 cm³/mol. The molecule has 15 heavy (non-hydrogen) atoms. The van der Waals surface area contributed by atoms with Crippen LogP contribution in [0.2, 0.25) is 0 Å². The number of carbonyl (C=O) groups excluding carboxylic acids is 1. The largest absolute Gasteiger partial charge is 0.466 e. The molecule has 0 bridgehead atoms. The van der Waals surface area contributed by atoms with E-state index in [0.717, 1.165) is 0 Å². The monoisotopic (exact) mass is 202 g/mol. The van der Waals surface area contributed by atoms with Crippen LogP contribution in [0.3, 0.4) is 0 Å². The third-order valence-corrected chi connectivity index (χ3v) is 2.11. The number of rotatable bonds is 3. The minimum absolute atomic E-state index is 0.0981. The Labute approximate surface area is 87.0 Å². The molecule has 0 atom stereocenters. The minimum Gasteiger partial charge on any atom is -0.466 e. The zero-order chi connectivity index (χ0) is 10.7. The van der Waals surface area contributed by atoms with E-state index in [1.165, 1.54) is 6.26 Å². The van der Waals surface area contributed by atoms with Gasteiger partial charge in [0.05, 0.1) is 5.56 Å². The molecule has 0 saturated heterocycles. The van der Waals surface area contributed by atoms with Crippen molar-refractivity contribution < 1.29 is 14.3 Å². The van der Waals surface area contributed by atoms with Gasteiger partial charge in [0, 0.05) is 5.56 Å². The van der Waals surface area contributed by atoms with Crippen molar-refractivity contribution in [2.24, 2.45) is 0 Å². The van der Waals surface area contributed by atoms with E-state index in [1.807, 2.05) is 6.07 Å². The second-order valence-electron chi connectivity index (χ2n) is 3.15. The van der Waals surface area contributed by atoms with E-state index in [1.54, 1.807) is 30.3 Å². The van der Waals surface area contributed by atoms with Crippen LogP contribution in [-0.2, 0) is 6.61 Å². The molecule has 3 heteroatoms. The normalized spacial score (nSPS) is 10.2. The van der Waals surface area contributed by atoms with Crippen LogP contribution < -0.4 is 0 Å². The van der Waals surface area contributed by atoms with Gasteiger partial charge in [-0.05, 0) is 6.07 Å². The Morgan fingerprint density at radius 1 is 1.20 bits per heavy atom. The molecular weight excluding hydrogens is 192 g/mol. The van der Waals surface area contributed by atoms with Crippen molar-refractivity contribution in [1.82, 2.24) is 0 Å². The summed E-state index contributed by atoms with van der Waals surface area (Å²) in [6.45, 7) is -0.192. The summed E-state index contributed by atoms with van der Waals surface area (Å²) in [4.78, 5) is 11.8. The summed E-state index contributed by atoms with van der Waals surface area (Å²) in [5.41, 5.74) is 1.08. The molecule has 0 spiro atoms. The maximum atomic E-state index is 11.8. The first-order valence-corrected chi connectivity index (χ1v) is 4.59. The van der Waals surface area contributed by atoms with Gasteiger partial charge in [-0.1, -0.05) is 30.3 Å². The summed E-state index contributed by atoms with van der Waals surface area (Å²) in [7, 11) is 0. The molecule has 0 saturated carbocycles. The Balaban J connectivity index is 2.29. The summed E-state index contributed by atoms with van der Waals surface area (Å²) in [5.74, 6) is 0.299. The number of benzene rings is 1. The standard InChI is InChI=1S/C12H10O3/c13-7-11-6-10(8-15-11)12(14)9-4-2-1-3-5-9/h1-6,8,13H,7H2. The average molecular weight is 202 g/mol. The maximum Gasteiger partial charge on any atom is 0.196 e. The number of aliphatic hydroxyl groups is 1. The lowest BCUT2D eigenvalue weighted by Gasteiger charge is -1.95. The van der Waals surface area contributed by atoms with Crippen LogP contribution in [0.25, 0.3) is 0 Å². The fourth-order valence-electron chi connectivity index (χ4n) is 1.34. The molecular formula is C12H10O3. The zero-order valence-electron chi connectivity index (χ0n) is 8.01. The summed E-state index contributed by atoms with van der Waals surface area (Å²) < 4.78 is 4.99. The van der Waals surface area contributed by atoms with Gasteiger partial charge in [0.2, 0.25) is 0 Å². The molecule has 1 N–H and O–H groups in total. The van der Waals surface area contributed by atoms with Crippen molar-refractivity contribution in [2.45, 2.75) is 6.61 Å². The third-order valence-electron chi connectivity index (χ3n) is 2.11. The zero-order valence-corrected chi connectivity index (χ0v) is 8.01. The lowest BCUT2D eigenvalue weighted by molar-refractivity contribution is 0.103. The fourth-order valence-corrected chi connectivity index (χ4v) is 1.34. The topological polar surface area (TPSA) is 50.4 Å². The molecule has 1 heterocycles. The maximum absolute atomic E-state index is 11.8. The molecule has 0 radical (unpaired) electrons. The van der Waals surface area contributed by atoms with Crippen molar-refractivity contribution in [3.63, 3.8) is 0 Å². The van der Waals surface area contributed by atoms with Gasteiger partial charge in [-0.25, -0.2) is 0 Å². The molecule has 0 aliphatic rings. The summed E-state index contributed by atoms with van der Waals surface area (Å²) in [5, 5.41) is 8.80. The second-order valence-corrected chi connectivity index (χ2v) is 3.15. The van der Waals surface area contributed by atoms with E-state index >= 15 is 0 Å². The van der Waals surface area contributed by atoms with Crippen LogP contribution in [0.15, 0.2) is 47.1 Å². The third kappa shape index (κ3) is 1.97. The Morgan fingerprint density at radius 3 is 2.53 bits per heavy atom. The number of furan rings is 1. The molecule has 2 aromatic rings. The van der Waals surface area contributed by atoms with Crippen LogP contribution in [0.4, 0.5) is 0 Å². The van der Waals surface area contributed by atoms with Crippen LogP contribution >= 0.6 is 0 Å². The van der Waals surface area contributed by atoms with Gasteiger partial charge in [0.1, 0.15) is 18.6 Å². The van der Waals surface area contributed by atoms with Crippen molar-refractivity contribution in [2.75, 3.05) is 0 Å². The average Bonchev–Trinajstić information content (AvgIpc) is 2.78. The molecule has 1 aromatic heterocycles. The van der Waals surface area contributed by atoms with Gasteiger partial charge in [-0.15, -0.1) is 0 Å². The Kier molecular flexibility index (Phi) is 2.65. The van der Waals surface area contributed by atoms with Gasteiger partial charge in [-0.3, -0.25) is 4.79 Å². The Hall–Kier alpha value is -1.87. The highest BCUT2D eigenvalue weighted by molar-refractivity contribution is 6.08. The van der Waals surface area contributed by atoms with Crippen molar-refractivity contribution in [3.8, 4) is 0 Å². The van der Waals surface area contributed by atoms with Crippen molar-refractivity contribution in [1.29, 1.82) is 0 Å². The lowest BCUT2D eigenvalue weighted by atomic mass is 10.1. The Bertz CT molecular complexity index is 457. The lowest BCUT2D eigenvalue weighted by Crippen LogP contribution is -1.98. The fraction of sp³-hybridized carbons (Fsp3) is 0.0833. The molecule has 0 fully saturated rings. The second kappa shape index (κ2) is 4.11. The number of aliphatic hydroxyl groups excluding tert-OH is 1. The highest BCUT2D eigenvalue weighted by atomic mass is 16.4. The van der Waals surface area contributed by atoms with Crippen LogP contribution in [-0.4, -0.2) is 10.9 Å². The number of hydrogen-bond acceptors (Lipinski definition) is 3. The van der Waals surface area contributed by atoms with Crippen molar-refractivity contribution in [3.05, 3.63) is 59.5 Å². The van der Waals surface area contributed by atoms with Crippen LogP contribution in [0.1, 0.15) is 21.7 Å². The van der Waals surface area contributed by atoms with E-state index in [4.69, 9.17) is 9.52 Å². The molecule has 3 nitrogen and oxygen atoms in total. The van der Waals surface area contributed by atoms with Crippen molar-refractivity contribution >= 4 is 5.78 Å². The first-order valence-electron chi connectivity index (χ1n) is 4.59. The van der Waals surface area contributed by atoms with Gasteiger partial charge >= 0.3 is 0 Å². The van der Waals surface area contributed by atoms with Gasteiger partial charge in [-0.2, -0.15) is 0 Å². The first kappa shape index (κ1) is 9.68. The van der Waals surface area contributed by atoms with Crippen LogP contribution in [0.5, 0.6) is 0 Å². The predicted octanol–water partition coefficient (Wildman–Crippen LogP) is 2.00. The number of ketones is 1. The number of carbonyl (C=O) groups is 1. The van der Waals surface area contributed by atoms with E-state index in [0.29, 0.717) is 16.9 Å². The summed E-state index contributed by atoms with van der Waals surface area (Å²) in [6, 6.07) is 10.5. The van der Waals surface area contributed by atoms with E-state index < -0.39 is 0 Å². The SMILES string of the molecule is O=C(c1ccccc1)c1coc(CO)c1. The van der Waals surface area contributed by atoms with Gasteiger partial charge in [0.15, 0.2) is 5.78 Å². The first-order chi connectivity index (χ1) is 7.31. The molecule has 2 rings (SSSR count). The smallest absolute Gasteiger partial charge is 0.196 e.